The van der Waals surface area contributed by atoms with E-state index in [9.17, 15) is 0 Å². The maximum atomic E-state index is 9.04. The molecule has 90 valence electrons. The van der Waals surface area contributed by atoms with Gasteiger partial charge in [-0.3, -0.25) is 4.98 Å². The summed E-state index contributed by atoms with van der Waals surface area (Å²) in [5.41, 5.74) is 1.33. The van der Waals surface area contributed by atoms with Crippen molar-refractivity contribution in [2.75, 3.05) is 5.32 Å². The van der Waals surface area contributed by atoms with Gasteiger partial charge in [0.2, 0.25) is 0 Å². The van der Waals surface area contributed by atoms with Crippen LogP contribution in [0.5, 0.6) is 0 Å². The molecule has 0 saturated carbocycles. The van der Waals surface area contributed by atoms with E-state index < -0.39 is 0 Å². The van der Waals surface area contributed by atoms with E-state index in [1.165, 1.54) is 6.20 Å². The summed E-state index contributed by atoms with van der Waals surface area (Å²) in [4.78, 5) is 4.09. The Morgan fingerprint density at radius 1 is 1.11 bits per heavy atom. The monoisotopic (exact) mass is 247 g/mol. The quantitative estimate of drug-likeness (QED) is 0.753. The molecule has 0 aliphatic rings. The summed E-state index contributed by atoms with van der Waals surface area (Å²) in [5, 5.41) is 22.0. The van der Waals surface area contributed by atoms with Gasteiger partial charge in [-0.1, -0.05) is 12.1 Å². The fourth-order valence-electron chi connectivity index (χ4n) is 1.87. The molecule has 2 heterocycles. The highest BCUT2D eigenvalue weighted by molar-refractivity contribution is 5.94. The summed E-state index contributed by atoms with van der Waals surface area (Å²) < 4.78 is 0. The zero-order chi connectivity index (χ0) is 13.1. The fourth-order valence-corrected chi connectivity index (χ4v) is 1.87. The first-order chi connectivity index (χ1) is 9.38. The predicted octanol–water partition coefficient (Wildman–Crippen LogP) is 2.64. The Balaban J connectivity index is 2.09. The molecule has 0 spiro atoms. The van der Waals surface area contributed by atoms with Crippen molar-refractivity contribution in [3.8, 4) is 6.07 Å². The zero-order valence-corrected chi connectivity index (χ0v) is 9.91. The molecule has 2 aromatic heterocycles. The Hall–Kier alpha value is -3.00. The van der Waals surface area contributed by atoms with Crippen molar-refractivity contribution >= 4 is 22.3 Å². The summed E-state index contributed by atoms with van der Waals surface area (Å²) in [5.74, 6) is 0.453. The number of fused-ring (bicyclic) bond motifs is 1. The lowest BCUT2D eigenvalue weighted by Gasteiger charge is -2.09. The number of benzene rings is 1. The molecule has 0 fully saturated rings. The van der Waals surface area contributed by atoms with Crippen LogP contribution in [0.4, 0.5) is 11.5 Å². The van der Waals surface area contributed by atoms with Gasteiger partial charge in [0, 0.05) is 28.9 Å². The molecule has 19 heavy (non-hydrogen) atoms. The topological polar surface area (TPSA) is 74.5 Å². The average molecular weight is 247 g/mol. The highest BCUT2D eigenvalue weighted by Gasteiger charge is 2.06. The van der Waals surface area contributed by atoms with E-state index in [1.54, 1.807) is 18.5 Å². The number of pyridine rings is 1. The number of hydrogen-bond acceptors (Lipinski definition) is 5. The molecule has 0 radical (unpaired) electrons. The van der Waals surface area contributed by atoms with Gasteiger partial charge in [-0.15, -0.1) is 5.10 Å². The third-order valence-electron chi connectivity index (χ3n) is 2.77. The predicted molar refractivity (Wildman–Crippen MR) is 71.8 cm³/mol. The molecule has 3 rings (SSSR count). The lowest BCUT2D eigenvalue weighted by atomic mass is 10.1. The van der Waals surface area contributed by atoms with Gasteiger partial charge in [0.25, 0.3) is 0 Å². The van der Waals surface area contributed by atoms with Crippen LogP contribution in [0.15, 0.2) is 48.9 Å². The molecule has 0 aliphatic heterocycles. The standard InChI is InChI=1S/C14H9N5/c15-8-10-4-7-17-19-14(10)18-13-3-1-2-11-9-16-6-5-12(11)13/h1-7,9H,(H,18,19). The average Bonchev–Trinajstić information content (AvgIpc) is 2.48. The molecule has 0 aliphatic carbocycles. The SMILES string of the molecule is N#Cc1ccnnc1Nc1cccc2cnccc12. The van der Waals surface area contributed by atoms with Crippen molar-refractivity contribution < 1.29 is 0 Å². The minimum absolute atomic E-state index is 0.453. The van der Waals surface area contributed by atoms with Crippen LogP contribution in [0.1, 0.15) is 5.56 Å². The Morgan fingerprint density at radius 2 is 2.05 bits per heavy atom. The number of anilines is 2. The molecule has 1 aromatic carbocycles. The van der Waals surface area contributed by atoms with Crippen LogP contribution >= 0.6 is 0 Å². The van der Waals surface area contributed by atoms with Gasteiger partial charge >= 0.3 is 0 Å². The third kappa shape index (κ3) is 2.07. The van der Waals surface area contributed by atoms with Crippen molar-refractivity contribution in [1.29, 1.82) is 5.26 Å². The Kier molecular flexibility index (Phi) is 2.75. The first-order valence-corrected chi connectivity index (χ1v) is 5.70. The highest BCUT2D eigenvalue weighted by Crippen LogP contribution is 2.25. The highest BCUT2D eigenvalue weighted by atomic mass is 15.2. The van der Waals surface area contributed by atoms with E-state index in [0.717, 1.165) is 16.5 Å². The molecular formula is C14H9N5. The van der Waals surface area contributed by atoms with Crippen LogP contribution in [0.25, 0.3) is 10.8 Å². The summed E-state index contributed by atoms with van der Waals surface area (Å²) in [6.45, 7) is 0. The van der Waals surface area contributed by atoms with Gasteiger partial charge in [0.1, 0.15) is 6.07 Å². The summed E-state index contributed by atoms with van der Waals surface area (Å²) >= 11 is 0. The molecule has 0 atom stereocenters. The number of hydrogen-bond donors (Lipinski definition) is 1. The van der Waals surface area contributed by atoms with Crippen molar-refractivity contribution in [2.24, 2.45) is 0 Å². The van der Waals surface area contributed by atoms with Gasteiger partial charge in [-0.05, 0) is 18.2 Å². The van der Waals surface area contributed by atoms with Crippen LogP contribution < -0.4 is 5.32 Å². The van der Waals surface area contributed by atoms with E-state index in [1.807, 2.05) is 24.3 Å². The number of nitrogens with zero attached hydrogens (tertiary/aromatic N) is 4. The fraction of sp³-hybridized carbons (Fsp3) is 0. The Morgan fingerprint density at radius 3 is 2.95 bits per heavy atom. The number of aromatic nitrogens is 3. The maximum absolute atomic E-state index is 9.04. The van der Waals surface area contributed by atoms with Crippen molar-refractivity contribution in [1.82, 2.24) is 15.2 Å². The van der Waals surface area contributed by atoms with E-state index >= 15 is 0 Å². The van der Waals surface area contributed by atoms with Crippen LogP contribution in [0, 0.1) is 11.3 Å². The normalized spacial score (nSPS) is 10.1. The van der Waals surface area contributed by atoms with Gasteiger partial charge in [-0.25, -0.2) is 0 Å². The van der Waals surface area contributed by atoms with E-state index in [2.05, 4.69) is 26.6 Å². The lowest BCUT2D eigenvalue weighted by molar-refractivity contribution is 1.03. The van der Waals surface area contributed by atoms with E-state index in [4.69, 9.17) is 5.26 Å². The third-order valence-corrected chi connectivity index (χ3v) is 2.77. The largest absolute Gasteiger partial charge is 0.337 e. The van der Waals surface area contributed by atoms with Gasteiger partial charge in [-0.2, -0.15) is 10.4 Å². The molecule has 3 aromatic rings. The van der Waals surface area contributed by atoms with Gasteiger partial charge < -0.3 is 5.32 Å². The minimum atomic E-state index is 0.453. The van der Waals surface area contributed by atoms with Gasteiger partial charge in [0.15, 0.2) is 5.82 Å². The maximum Gasteiger partial charge on any atom is 0.171 e. The first-order valence-electron chi connectivity index (χ1n) is 5.70. The van der Waals surface area contributed by atoms with Crippen molar-refractivity contribution in [3.63, 3.8) is 0 Å². The summed E-state index contributed by atoms with van der Waals surface area (Å²) in [7, 11) is 0. The van der Waals surface area contributed by atoms with Crippen molar-refractivity contribution in [3.05, 3.63) is 54.5 Å². The molecule has 0 unspecified atom stereocenters. The van der Waals surface area contributed by atoms with Crippen molar-refractivity contribution in [2.45, 2.75) is 0 Å². The minimum Gasteiger partial charge on any atom is -0.337 e. The van der Waals surface area contributed by atoms with Crippen LogP contribution in [-0.4, -0.2) is 15.2 Å². The molecule has 1 N–H and O–H groups in total. The zero-order valence-electron chi connectivity index (χ0n) is 9.91. The Bertz CT molecular complexity index is 771. The molecule has 0 amide bonds. The first kappa shape index (κ1) is 11.1. The number of nitriles is 1. The summed E-state index contributed by atoms with van der Waals surface area (Å²) in [6, 6.07) is 11.5. The second kappa shape index (κ2) is 4.70. The molecule has 0 bridgehead atoms. The number of nitrogens with one attached hydrogen (secondary N) is 1. The second-order valence-electron chi connectivity index (χ2n) is 3.93. The number of rotatable bonds is 2. The molecule has 5 heteroatoms. The molecule has 0 saturated heterocycles. The molecule has 5 nitrogen and oxygen atoms in total. The van der Waals surface area contributed by atoms with Crippen LogP contribution in [0.2, 0.25) is 0 Å². The van der Waals surface area contributed by atoms with Gasteiger partial charge in [0.05, 0.1) is 11.8 Å². The smallest absolute Gasteiger partial charge is 0.171 e. The summed E-state index contributed by atoms with van der Waals surface area (Å²) in [6.07, 6.45) is 5.02. The molecular weight excluding hydrogens is 238 g/mol. The Labute approximate surface area is 109 Å². The van der Waals surface area contributed by atoms with E-state index in [-0.39, 0.29) is 0 Å². The van der Waals surface area contributed by atoms with Crippen LogP contribution in [-0.2, 0) is 0 Å². The lowest BCUT2D eigenvalue weighted by Crippen LogP contribution is -1.98. The van der Waals surface area contributed by atoms with E-state index in [0.29, 0.717) is 11.4 Å². The van der Waals surface area contributed by atoms with Crippen LogP contribution in [0.3, 0.4) is 0 Å². The second-order valence-corrected chi connectivity index (χ2v) is 3.93.